The maximum atomic E-state index is 6.05. The van der Waals surface area contributed by atoms with Crippen LogP contribution in [-0.4, -0.2) is 16.4 Å². The van der Waals surface area contributed by atoms with Crippen LogP contribution in [0.3, 0.4) is 0 Å². The lowest BCUT2D eigenvalue weighted by atomic mass is 10.1. The van der Waals surface area contributed by atoms with E-state index < -0.39 is 0 Å². The third kappa shape index (κ3) is 3.53. The molecule has 0 fully saturated rings. The zero-order chi connectivity index (χ0) is 14.5. The number of nitrogens with zero attached hydrogens (tertiary/aromatic N) is 2. The van der Waals surface area contributed by atoms with Gasteiger partial charge in [0.15, 0.2) is 0 Å². The number of benzene rings is 1. The van der Waals surface area contributed by atoms with Crippen molar-refractivity contribution in [3.63, 3.8) is 0 Å². The lowest BCUT2D eigenvalue weighted by molar-refractivity contribution is 0.317. The molecular formula is C16H23N3O. The minimum absolute atomic E-state index is 0.548. The zero-order valence-corrected chi connectivity index (χ0v) is 12.5. The Bertz CT molecular complexity index is 543. The van der Waals surface area contributed by atoms with Crippen LogP contribution < -0.4 is 10.5 Å². The summed E-state index contributed by atoms with van der Waals surface area (Å²) in [6.45, 7) is 8.04. The van der Waals surface area contributed by atoms with Crippen molar-refractivity contribution in [2.24, 2.45) is 5.92 Å². The number of nitrogens with two attached hydrogens (primary N) is 1. The molecule has 0 aliphatic heterocycles. The largest absolute Gasteiger partial charge is 0.494 e. The number of hydrogen-bond donors (Lipinski definition) is 1. The molecule has 0 spiro atoms. The molecule has 1 aromatic heterocycles. The van der Waals surface area contributed by atoms with Gasteiger partial charge in [-0.1, -0.05) is 20.8 Å². The molecule has 0 aliphatic carbocycles. The van der Waals surface area contributed by atoms with Gasteiger partial charge in [0.2, 0.25) is 0 Å². The average Bonchev–Trinajstić information content (AvgIpc) is 2.77. The fraction of sp³-hybridized carbons (Fsp3) is 0.438. The third-order valence-electron chi connectivity index (χ3n) is 2.94. The highest BCUT2D eigenvalue weighted by atomic mass is 16.5. The molecule has 0 aliphatic rings. The highest BCUT2D eigenvalue weighted by molar-refractivity contribution is 5.72. The van der Waals surface area contributed by atoms with Gasteiger partial charge >= 0.3 is 0 Å². The number of rotatable bonds is 6. The summed E-state index contributed by atoms with van der Waals surface area (Å²) in [6.07, 6.45) is 2.91. The Labute approximate surface area is 120 Å². The molecule has 0 saturated heterocycles. The van der Waals surface area contributed by atoms with Crippen molar-refractivity contribution in [1.29, 1.82) is 0 Å². The smallest absolute Gasteiger partial charge is 0.119 e. The number of anilines is 1. The highest BCUT2D eigenvalue weighted by Crippen LogP contribution is 2.26. The van der Waals surface area contributed by atoms with Gasteiger partial charge in [-0.25, -0.2) is 0 Å². The molecule has 0 saturated carbocycles. The molecule has 1 heterocycles. The fourth-order valence-electron chi connectivity index (χ4n) is 2.06. The minimum Gasteiger partial charge on any atom is -0.494 e. The van der Waals surface area contributed by atoms with Crippen LogP contribution in [0, 0.1) is 5.92 Å². The highest BCUT2D eigenvalue weighted by Gasteiger charge is 2.09. The summed E-state index contributed by atoms with van der Waals surface area (Å²) in [4.78, 5) is 0. The summed E-state index contributed by atoms with van der Waals surface area (Å²) >= 11 is 0. The van der Waals surface area contributed by atoms with E-state index in [4.69, 9.17) is 10.5 Å². The third-order valence-corrected chi connectivity index (χ3v) is 2.94. The molecule has 2 N–H and O–H groups in total. The first-order chi connectivity index (χ1) is 9.60. The summed E-state index contributed by atoms with van der Waals surface area (Å²) in [7, 11) is 0. The van der Waals surface area contributed by atoms with Crippen molar-refractivity contribution in [2.45, 2.75) is 33.7 Å². The van der Waals surface area contributed by atoms with Gasteiger partial charge in [-0.2, -0.15) is 5.10 Å². The molecule has 2 rings (SSSR count). The Morgan fingerprint density at radius 1 is 1.25 bits per heavy atom. The number of nitrogen functional groups attached to an aromatic ring is 1. The molecule has 0 amide bonds. The Hall–Kier alpha value is -1.97. The van der Waals surface area contributed by atoms with E-state index in [2.05, 4.69) is 25.9 Å². The molecular weight excluding hydrogens is 250 g/mol. The lowest BCUT2D eigenvalue weighted by Crippen LogP contribution is -2.04. The standard InChI is InChI=1S/C16H23N3O/c1-4-9-20-14-7-5-13(6-8-14)16-15(17)11-19(18-16)10-12(2)3/h5-8,11-12H,4,9-10,17H2,1-3H3. The van der Waals surface area contributed by atoms with Gasteiger partial charge < -0.3 is 10.5 Å². The SMILES string of the molecule is CCCOc1ccc(-c2nn(CC(C)C)cc2N)cc1. The van der Waals surface area contributed by atoms with Crippen LogP contribution in [-0.2, 0) is 6.54 Å². The predicted octanol–water partition coefficient (Wildman–Crippen LogP) is 3.58. The second-order valence-electron chi connectivity index (χ2n) is 5.42. The molecule has 0 atom stereocenters. The molecule has 0 unspecified atom stereocenters. The second-order valence-corrected chi connectivity index (χ2v) is 5.42. The summed E-state index contributed by atoms with van der Waals surface area (Å²) in [5, 5.41) is 4.56. The van der Waals surface area contributed by atoms with Gasteiger partial charge in [0.25, 0.3) is 0 Å². The summed E-state index contributed by atoms with van der Waals surface area (Å²) in [5.74, 6) is 1.43. The van der Waals surface area contributed by atoms with E-state index in [1.54, 1.807) is 0 Å². The Morgan fingerprint density at radius 2 is 1.95 bits per heavy atom. The number of hydrogen-bond acceptors (Lipinski definition) is 3. The van der Waals surface area contributed by atoms with Crippen LogP contribution >= 0.6 is 0 Å². The van der Waals surface area contributed by atoms with E-state index >= 15 is 0 Å². The van der Waals surface area contributed by atoms with Crippen molar-refractivity contribution in [1.82, 2.24) is 9.78 Å². The maximum Gasteiger partial charge on any atom is 0.119 e. The molecule has 2 aromatic rings. The molecule has 108 valence electrons. The fourth-order valence-corrected chi connectivity index (χ4v) is 2.06. The zero-order valence-electron chi connectivity index (χ0n) is 12.5. The average molecular weight is 273 g/mol. The monoisotopic (exact) mass is 273 g/mol. The van der Waals surface area contributed by atoms with E-state index in [0.29, 0.717) is 11.6 Å². The van der Waals surface area contributed by atoms with Crippen molar-refractivity contribution in [3.05, 3.63) is 30.5 Å². The Morgan fingerprint density at radius 3 is 2.55 bits per heavy atom. The summed E-state index contributed by atoms with van der Waals surface area (Å²) in [6, 6.07) is 7.94. The predicted molar refractivity (Wildman–Crippen MR) is 82.7 cm³/mol. The van der Waals surface area contributed by atoms with Crippen LogP contribution in [0.25, 0.3) is 11.3 Å². The Balaban J connectivity index is 2.16. The minimum atomic E-state index is 0.548. The van der Waals surface area contributed by atoms with Crippen molar-refractivity contribution in [3.8, 4) is 17.0 Å². The van der Waals surface area contributed by atoms with Crippen molar-refractivity contribution in [2.75, 3.05) is 12.3 Å². The van der Waals surface area contributed by atoms with E-state index in [1.165, 1.54) is 0 Å². The molecule has 4 nitrogen and oxygen atoms in total. The molecule has 1 aromatic carbocycles. The lowest BCUT2D eigenvalue weighted by Gasteiger charge is -2.05. The summed E-state index contributed by atoms with van der Waals surface area (Å²) < 4.78 is 7.49. The number of ether oxygens (including phenoxy) is 1. The van der Waals surface area contributed by atoms with Gasteiger partial charge in [-0.3, -0.25) is 4.68 Å². The Kier molecular flexibility index (Phi) is 4.66. The van der Waals surface area contributed by atoms with Gasteiger partial charge in [-0.05, 0) is 36.6 Å². The molecule has 0 radical (unpaired) electrons. The topological polar surface area (TPSA) is 53.1 Å². The van der Waals surface area contributed by atoms with Crippen LogP contribution in [0.4, 0.5) is 5.69 Å². The van der Waals surface area contributed by atoms with Gasteiger partial charge in [0.1, 0.15) is 11.4 Å². The normalized spacial score (nSPS) is 11.0. The van der Waals surface area contributed by atoms with Crippen LogP contribution in [0.1, 0.15) is 27.2 Å². The van der Waals surface area contributed by atoms with Gasteiger partial charge in [0.05, 0.1) is 12.3 Å². The van der Waals surface area contributed by atoms with E-state index in [0.717, 1.165) is 36.6 Å². The first kappa shape index (κ1) is 14.4. The van der Waals surface area contributed by atoms with Crippen LogP contribution in [0.15, 0.2) is 30.5 Å². The first-order valence-electron chi connectivity index (χ1n) is 7.16. The summed E-state index contributed by atoms with van der Waals surface area (Å²) in [5.41, 5.74) is 8.63. The first-order valence-corrected chi connectivity index (χ1v) is 7.16. The van der Waals surface area contributed by atoms with Gasteiger partial charge in [-0.15, -0.1) is 0 Å². The van der Waals surface area contributed by atoms with E-state index in [1.807, 2.05) is 35.1 Å². The number of aromatic nitrogens is 2. The molecule has 4 heteroatoms. The maximum absolute atomic E-state index is 6.05. The quantitative estimate of drug-likeness (QED) is 0.875. The second kappa shape index (κ2) is 6.46. The van der Waals surface area contributed by atoms with Crippen LogP contribution in [0.2, 0.25) is 0 Å². The van der Waals surface area contributed by atoms with Crippen molar-refractivity contribution >= 4 is 5.69 Å². The molecule has 0 bridgehead atoms. The van der Waals surface area contributed by atoms with E-state index in [-0.39, 0.29) is 0 Å². The van der Waals surface area contributed by atoms with Crippen molar-refractivity contribution < 1.29 is 4.74 Å². The van der Waals surface area contributed by atoms with E-state index in [9.17, 15) is 0 Å². The van der Waals surface area contributed by atoms with Crippen LogP contribution in [0.5, 0.6) is 5.75 Å². The molecule has 20 heavy (non-hydrogen) atoms. The van der Waals surface area contributed by atoms with Gasteiger partial charge in [0, 0.05) is 18.3 Å².